The summed E-state index contributed by atoms with van der Waals surface area (Å²) < 4.78 is 10.8. The summed E-state index contributed by atoms with van der Waals surface area (Å²) in [6.45, 7) is 9.41. The standard InChI is InChI=1S/C22H35N3O4S/c1-14(2)12-29-13-16(26)10-25(7-8-28-4)11-19-23-21(27)20-17-6-5-15(3)9-18(17)30-22(20)24-19/h14-16,26H,5-13H2,1-4H3,(H,23,24,27). The molecule has 3 rings (SSSR count). The van der Waals surface area contributed by atoms with Crippen LogP contribution in [0.4, 0.5) is 0 Å². The van der Waals surface area contributed by atoms with E-state index in [2.05, 4.69) is 25.8 Å². The summed E-state index contributed by atoms with van der Waals surface area (Å²) in [5, 5.41) is 11.1. The van der Waals surface area contributed by atoms with Crippen LogP contribution in [0.2, 0.25) is 0 Å². The molecule has 8 heteroatoms. The van der Waals surface area contributed by atoms with Gasteiger partial charge in [-0.2, -0.15) is 0 Å². The van der Waals surface area contributed by atoms with Gasteiger partial charge in [0.25, 0.3) is 5.56 Å². The first-order valence-electron chi connectivity index (χ1n) is 10.9. The zero-order chi connectivity index (χ0) is 21.7. The maximum absolute atomic E-state index is 12.8. The Balaban J connectivity index is 1.72. The van der Waals surface area contributed by atoms with E-state index >= 15 is 0 Å². The molecule has 0 saturated heterocycles. The predicted molar refractivity (Wildman–Crippen MR) is 120 cm³/mol. The van der Waals surface area contributed by atoms with E-state index in [1.54, 1.807) is 18.4 Å². The lowest BCUT2D eigenvalue weighted by Gasteiger charge is -2.24. The number of ether oxygens (including phenoxy) is 2. The van der Waals surface area contributed by atoms with Gasteiger partial charge in [-0.15, -0.1) is 11.3 Å². The van der Waals surface area contributed by atoms with Crippen LogP contribution in [0.25, 0.3) is 10.2 Å². The van der Waals surface area contributed by atoms with Crippen molar-refractivity contribution >= 4 is 21.6 Å². The van der Waals surface area contributed by atoms with Gasteiger partial charge in [0.15, 0.2) is 0 Å². The highest BCUT2D eigenvalue weighted by Crippen LogP contribution is 2.35. The Hall–Kier alpha value is -1.32. The summed E-state index contributed by atoms with van der Waals surface area (Å²) in [7, 11) is 1.66. The Bertz CT molecular complexity index is 879. The number of hydrogen-bond donors (Lipinski definition) is 2. The molecule has 2 atom stereocenters. The maximum Gasteiger partial charge on any atom is 0.259 e. The minimum absolute atomic E-state index is 0.0467. The number of rotatable bonds is 11. The molecule has 0 saturated carbocycles. The maximum atomic E-state index is 12.8. The molecule has 1 aliphatic carbocycles. The Labute approximate surface area is 182 Å². The molecule has 7 nitrogen and oxygen atoms in total. The van der Waals surface area contributed by atoms with Crippen LogP contribution in [-0.4, -0.2) is 66.1 Å². The highest BCUT2D eigenvalue weighted by Gasteiger charge is 2.23. The predicted octanol–water partition coefficient (Wildman–Crippen LogP) is 2.59. The largest absolute Gasteiger partial charge is 0.389 e. The van der Waals surface area contributed by atoms with Crippen molar-refractivity contribution in [2.45, 2.75) is 52.7 Å². The van der Waals surface area contributed by atoms with Crippen molar-refractivity contribution in [3.8, 4) is 0 Å². The average molecular weight is 438 g/mol. The summed E-state index contributed by atoms with van der Waals surface area (Å²) in [6.07, 6.45) is 2.52. The lowest BCUT2D eigenvalue weighted by Crippen LogP contribution is -2.37. The first kappa shape index (κ1) is 23.3. The van der Waals surface area contributed by atoms with Gasteiger partial charge < -0.3 is 19.6 Å². The average Bonchev–Trinajstić information content (AvgIpc) is 3.03. The van der Waals surface area contributed by atoms with Gasteiger partial charge in [0, 0.05) is 31.7 Å². The Morgan fingerprint density at radius 2 is 2.17 bits per heavy atom. The molecule has 2 heterocycles. The monoisotopic (exact) mass is 437 g/mol. The molecular formula is C22H35N3O4S. The third-order valence-electron chi connectivity index (χ3n) is 5.43. The number of aromatic nitrogens is 2. The molecule has 0 aliphatic heterocycles. The molecule has 0 radical (unpaired) electrons. The summed E-state index contributed by atoms with van der Waals surface area (Å²) in [4.78, 5) is 24.8. The molecular weight excluding hydrogens is 402 g/mol. The smallest absolute Gasteiger partial charge is 0.259 e. The van der Waals surface area contributed by atoms with Crippen LogP contribution in [0, 0.1) is 11.8 Å². The number of thiophene rings is 1. The van der Waals surface area contributed by atoms with E-state index in [-0.39, 0.29) is 5.56 Å². The zero-order valence-electron chi connectivity index (χ0n) is 18.6. The van der Waals surface area contributed by atoms with Crippen LogP contribution in [0.5, 0.6) is 0 Å². The molecule has 0 bridgehead atoms. The third-order valence-corrected chi connectivity index (χ3v) is 6.58. The number of nitrogens with one attached hydrogen (secondary N) is 1. The molecule has 0 spiro atoms. The van der Waals surface area contributed by atoms with Crippen molar-refractivity contribution < 1.29 is 14.6 Å². The van der Waals surface area contributed by atoms with Crippen molar-refractivity contribution in [1.29, 1.82) is 0 Å². The van der Waals surface area contributed by atoms with Crippen LogP contribution in [0.3, 0.4) is 0 Å². The van der Waals surface area contributed by atoms with E-state index in [0.29, 0.717) is 57.1 Å². The van der Waals surface area contributed by atoms with Gasteiger partial charge in [0.05, 0.1) is 31.2 Å². The third kappa shape index (κ3) is 6.11. The molecule has 0 fully saturated rings. The van der Waals surface area contributed by atoms with Crippen molar-refractivity contribution in [2.75, 3.05) is 40.0 Å². The number of nitrogens with zero attached hydrogens (tertiary/aromatic N) is 2. The van der Waals surface area contributed by atoms with Crippen LogP contribution >= 0.6 is 11.3 Å². The summed E-state index contributed by atoms with van der Waals surface area (Å²) in [6, 6.07) is 0. The van der Waals surface area contributed by atoms with E-state index in [4.69, 9.17) is 14.5 Å². The molecule has 1 aliphatic rings. The second-order valence-corrected chi connectivity index (χ2v) is 9.94. The highest BCUT2D eigenvalue weighted by molar-refractivity contribution is 7.18. The fraction of sp³-hybridized carbons (Fsp3) is 0.727. The molecule has 2 aromatic heterocycles. The molecule has 0 amide bonds. The van der Waals surface area contributed by atoms with Crippen molar-refractivity contribution in [3.63, 3.8) is 0 Å². The number of aliphatic hydroxyl groups excluding tert-OH is 1. The number of aryl methyl sites for hydroxylation is 1. The van der Waals surface area contributed by atoms with Gasteiger partial charge >= 0.3 is 0 Å². The van der Waals surface area contributed by atoms with Gasteiger partial charge in [0.2, 0.25) is 0 Å². The highest BCUT2D eigenvalue weighted by atomic mass is 32.1. The molecule has 0 aromatic carbocycles. The van der Waals surface area contributed by atoms with E-state index in [1.807, 2.05) is 4.90 Å². The molecule has 2 N–H and O–H groups in total. The zero-order valence-corrected chi connectivity index (χ0v) is 19.4. The van der Waals surface area contributed by atoms with E-state index in [1.165, 1.54) is 10.4 Å². The summed E-state index contributed by atoms with van der Waals surface area (Å²) in [5.74, 6) is 1.72. The van der Waals surface area contributed by atoms with Crippen molar-refractivity contribution in [2.24, 2.45) is 11.8 Å². The number of H-pyrrole nitrogens is 1. The van der Waals surface area contributed by atoms with E-state index < -0.39 is 6.10 Å². The normalized spacial score (nSPS) is 17.8. The van der Waals surface area contributed by atoms with Crippen molar-refractivity contribution in [3.05, 3.63) is 26.6 Å². The second kappa shape index (κ2) is 10.8. The molecule has 168 valence electrons. The quantitative estimate of drug-likeness (QED) is 0.562. The fourth-order valence-corrected chi connectivity index (χ4v) is 5.33. The second-order valence-electron chi connectivity index (χ2n) is 8.86. The number of fused-ring (bicyclic) bond motifs is 3. The van der Waals surface area contributed by atoms with Crippen molar-refractivity contribution in [1.82, 2.24) is 14.9 Å². The molecule has 2 unspecified atom stereocenters. The first-order chi connectivity index (χ1) is 14.4. The van der Waals surface area contributed by atoms with Gasteiger partial charge in [-0.1, -0.05) is 20.8 Å². The number of aromatic amines is 1. The van der Waals surface area contributed by atoms with Crippen LogP contribution in [0.1, 0.15) is 43.5 Å². The number of methoxy groups -OCH3 is 1. The lowest BCUT2D eigenvalue weighted by molar-refractivity contribution is 0.00296. The molecule has 30 heavy (non-hydrogen) atoms. The van der Waals surface area contributed by atoms with E-state index in [9.17, 15) is 9.90 Å². The van der Waals surface area contributed by atoms with Gasteiger partial charge in [-0.05, 0) is 36.7 Å². The van der Waals surface area contributed by atoms with Gasteiger partial charge in [-0.25, -0.2) is 4.98 Å². The minimum atomic E-state index is -0.605. The summed E-state index contributed by atoms with van der Waals surface area (Å²) >= 11 is 1.66. The lowest BCUT2D eigenvalue weighted by atomic mass is 9.89. The van der Waals surface area contributed by atoms with E-state index in [0.717, 1.165) is 29.5 Å². The topological polar surface area (TPSA) is 87.7 Å². The first-order valence-corrected chi connectivity index (χ1v) is 11.7. The number of hydrogen-bond acceptors (Lipinski definition) is 7. The van der Waals surface area contributed by atoms with Gasteiger partial charge in [-0.3, -0.25) is 9.69 Å². The number of aliphatic hydroxyl groups is 1. The Morgan fingerprint density at radius 3 is 2.90 bits per heavy atom. The minimum Gasteiger partial charge on any atom is -0.389 e. The van der Waals surface area contributed by atoms with Crippen LogP contribution in [-0.2, 0) is 28.9 Å². The SMILES string of the molecule is COCCN(Cc1nc2sc3c(c2c(=O)[nH]1)CCC(C)C3)CC(O)COCC(C)C. The fourth-order valence-electron chi connectivity index (χ4n) is 3.93. The Morgan fingerprint density at radius 1 is 1.37 bits per heavy atom. The van der Waals surface area contributed by atoms with Crippen LogP contribution < -0.4 is 5.56 Å². The van der Waals surface area contributed by atoms with Gasteiger partial charge in [0.1, 0.15) is 10.7 Å². The molecule has 2 aromatic rings. The summed E-state index contributed by atoms with van der Waals surface area (Å²) in [5.41, 5.74) is 1.15. The van der Waals surface area contributed by atoms with Crippen LogP contribution in [0.15, 0.2) is 4.79 Å². The Kier molecular flexibility index (Phi) is 8.42.